The summed E-state index contributed by atoms with van der Waals surface area (Å²) in [6, 6.07) is 3.20. The minimum Gasteiger partial charge on any atom is -0.360 e. The predicted octanol–water partition coefficient (Wildman–Crippen LogP) is 0.958. The van der Waals surface area contributed by atoms with Crippen molar-refractivity contribution in [2.45, 2.75) is 6.92 Å². The first-order chi connectivity index (χ1) is 6.75. The number of rotatable bonds is 2. The Morgan fingerprint density at radius 1 is 1.64 bits per heavy atom. The SMILES string of the molecule is Cc1cc(NC(=O)c2ccn[nH]2)no1. The van der Waals surface area contributed by atoms with Crippen molar-refractivity contribution in [2.75, 3.05) is 5.32 Å². The van der Waals surface area contributed by atoms with Crippen molar-refractivity contribution in [3.63, 3.8) is 0 Å². The second-order valence-corrected chi connectivity index (χ2v) is 2.75. The molecule has 1 amide bonds. The van der Waals surface area contributed by atoms with E-state index in [4.69, 9.17) is 4.52 Å². The van der Waals surface area contributed by atoms with Crippen LogP contribution in [0, 0.1) is 6.92 Å². The molecule has 2 rings (SSSR count). The summed E-state index contributed by atoms with van der Waals surface area (Å²) in [6.45, 7) is 1.75. The van der Waals surface area contributed by atoms with Crippen LogP contribution in [0.3, 0.4) is 0 Å². The summed E-state index contributed by atoms with van der Waals surface area (Å²) in [5.74, 6) is 0.739. The number of hydrogen-bond donors (Lipinski definition) is 2. The minimum absolute atomic E-state index is 0.296. The molecule has 0 aliphatic carbocycles. The maximum absolute atomic E-state index is 11.4. The molecule has 0 atom stereocenters. The van der Waals surface area contributed by atoms with Crippen LogP contribution in [-0.4, -0.2) is 21.3 Å². The zero-order chi connectivity index (χ0) is 9.97. The summed E-state index contributed by atoms with van der Waals surface area (Å²) >= 11 is 0. The van der Waals surface area contributed by atoms with Crippen LogP contribution in [0.5, 0.6) is 0 Å². The van der Waals surface area contributed by atoms with Gasteiger partial charge in [-0.2, -0.15) is 5.10 Å². The van der Waals surface area contributed by atoms with Crippen LogP contribution in [0.1, 0.15) is 16.2 Å². The first kappa shape index (κ1) is 8.49. The molecule has 0 fully saturated rings. The summed E-state index contributed by atoms with van der Waals surface area (Å²) < 4.78 is 4.79. The van der Waals surface area contributed by atoms with Gasteiger partial charge in [0.1, 0.15) is 11.5 Å². The monoisotopic (exact) mass is 192 g/mol. The van der Waals surface area contributed by atoms with E-state index >= 15 is 0 Å². The smallest absolute Gasteiger partial charge is 0.274 e. The van der Waals surface area contributed by atoms with Crippen LogP contribution >= 0.6 is 0 Å². The molecule has 0 spiro atoms. The molecule has 0 bridgehead atoms. The fraction of sp³-hybridized carbons (Fsp3) is 0.125. The van der Waals surface area contributed by atoms with Crippen LogP contribution in [0.2, 0.25) is 0 Å². The number of anilines is 1. The van der Waals surface area contributed by atoms with E-state index < -0.39 is 0 Å². The fourth-order valence-corrected chi connectivity index (χ4v) is 0.991. The van der Waals surface area contributed by atoms with Gasteiger partial charge in [-0.25, -0.2) is 0 Å². The number of aryl methyl sites for hydroxylation is 1. The number of nitrogens with one attached hydrogen (secondary N) is 2. The molecule has 0 saturated heterocycles. The van der Waals surface area contributed by atoms with Gasteiger partial charge in [-0.3, -0.25) is 9.89 Å². The number of aromatic nitrogens is 3. The number of aromatic amines is 1. The van der Waals surface area contributed by atoms with Crippen LogP contribution in [0.4, 0.5) is 5.82 Å². The van der Waals surface area contributed by atoms with Gasteiger partial charge in [0.15, 0.2) is 5.82 Å². The van der Waals surface area contributed by atoms with Gasteiger partial charge in [0.05, 0.1) is 0 Å². The number of nitrogens with zero attached hydrogens (tertiary/aromatic N) is 2. The van der Waals surface area contributed by atoms with Gasteiger partial charge in [0.2, 0.25) is 0 Å². The molecule has 0 saturated carbocycles. The molecular formula is C8H8N4O2. The van der Waals surface area contributed by atoms with Gasteiger partial charge in [-0.1, -0.05) is 5.16 Å². The van der Waals surface area contributed by atoms with Crippen molar-refractivity contribution in [1.82, 2.24) is 15.4 Å². The van der Waals surface area contributed by atoms with Gasteiger partial charge in [-0.05, 0) is 13.0 Å². The van der Waals surface area contributed by atoms with Gasteiger partial charge in [-0.15, -0.1) is 0 Å². The molecule has 2 N–H and O–H groups in total. The zero-order valence-electron chi connectivity index (χ0n) is 7.44. The molecule has 0 aromatic carbocycles. The third-order valence-electron chi connectivity index (χ3n) is 1.61. The highest BCUT2D eigenvalue weighted by atomic mass is 16.5. The summed E-state index contributed by atoms with van der Waals surface area (Å²) in [5, 5.41) is 12.4. The third-order valence-corrected chi connectivity index (χ3v) is 1.61. The Balaban J connectivity index is 2.09. The van der Waals surface area contributed by atoms with E-state index in [1.807, 2.05) is 0 Å². The Morgan fingerprint density at radius 2 is 2.50 bits per heavy atom. The number of amides is 1. The molecule has 0 aliphatic heterocycles. The van der Waals surface area contributed by atoms with E-state index in [2.05, 4.69) is 20.7 Å². The molecule has 2 aromatic rings. The number of carbonyl (C=O) groups excluding carboxylic acids is 1. The average molecular weight is 192 g/mol. The average Bonchev–Trinajstić information content (AvgIpc) is 2.75. The maximum atomic E-state index is 11.4. The molecule has 14 heavy (non-hydrogen) atoms. The molecule has 6 heteroatoms. The van der Waals surface area contributed by atoms with Gasteiger partial charge in [0, 0.05) is 12.3 Å². The maximum Gasteiger partial charge on any atom is 0.274 e. The summed E-state index contributed by atoms with van der Waals surface area (Å²) in [5.41, 5.74) is 0.380. The van der Waals surface area contributed by atoms with E-state index in [1.54, 1.807) is 19.1 Å². The van der Waals surface area contributed by atoms with Crippen molar-refractivity contribution in [1.29, 1.82) is 0 Å². The van der Waals surface area contributed by atoms with Crippen LogP contribution in [-0.2, 0) is 0 Å². The van der Waals surface area contributed by atoms with E-state index in [0.717, 1.165) is 0 Å². The van der Waals surface area contributed by atoms with Crippen molar-refractivity contribution in [3.8, 4) is 0 Å². The highest BCUT2D eigenvalue weighted by Gasteiger charge is 2.09. The topological polar surface area (TPSA) is 83.8 Å². The normalized spacial score (nSPS) is 10.1. The van der Waals surface area contributed by atoms with E-state index in [0.29, 0.717) is 17.3 Å². The van der Waals surface area contributed by atoms with E-state index in [-0.39, 0.29) is 5.91 Å². The minimum atomic E-state index is -0.296. The lowest BCUT2D eigenvalue weighted by atomic mass is 10.4. The molecule has 0 aliphatic rings. The quantitative estimate of drug-likeness (QED) is 0.742. The number of carbonyl (C=O) groups is 1. The first-order valence-electron chi connectivity index (χ1n) is 4.00. The Kier molecular flexibility index (Phi) is 2.02. The number of hydrogen-bond acceptors (Lipinski definition) is 4. The van der Waals surface area contributed by atoms with Gasteiger partial charge < -0.3 is 9.84 Å². The molecule has 72 valence electrons. The molecule has 0 unspecified atom stereocenters. The lowest BCUT2D eigenvalue weighted by Gasteiger charge is -1.95. The standard InChI is InChI=1S/C8H8N4O2/c1-5-4-7(12-14-5)10-8(13)6-2-3-9-11-6/h2-4H,1H3,(H,9,11)(H,10,12,13). The zero-order valence-corrected chi connectivity index (χ0v) is 7.44. The largest absolute Gasteiger partial charge is 0.360 e. The van der Waals surface area contributed by atoms with Crippen molar-refractivity contribution < 1.29 is 9.32 Å². The molecule has 6 nitrogen and oxygen atoms in total. The second kappa shape index (κ2) is 3.33. The molecule has 0 radical (unpaired) electrons. The summed E-state index contributed by atoms with van der Waals surface area (Å²) in [6.07, 6.45) is 1.50. The summed E-state index contributed by atoms with van der Waals surface area (Å²) in [4.78, 5) is 11.4. The van der Waals surface area contributed by atoms with Gasteiger partial charge >= 0.3 is 0 Å². The number of H-pyrrole nitrogens is 1. The van der Waals surface area contributed by atoms with Crippen molar-refractivity contribution in [2.24, 2.45) is 0 Å². The third kappa shape index (κ3) is 1.63. The predicted molar refractivity (Wildman–Crippen MR) is 47.8 cm³/mol. The Labute approximate surface area is 79.3 Å². The van der Waals surface area contributed by atoms with Crippen LogP contribution in [0.15, 0.2) is 22.9 Å². The Bertz CT molecular complexity index is 432. The highest BCUT2D eigenvalue weighted by molar-refractivity contribution is 6.02. The molecule has 2 aromatic heterocycles. The van der Waals surface area contributed by atoms with E-state index in [9.17, 15) is 4.79 Å². The van der Waals surface area contributed by atoms with Crippen molar-refractivity contribution >= 4 is 11.7 Å². The first-order valence-corrected chi connectivity index (χ1v) is 4.00. The second-order valence-electron chi connectivity index (χ2n) is 2.75. The molecular weight excluding hydrogens is 184 g/mol. The van der Waals surface area contributed by atoms with Crippen molar-refractivity contribution in [3.05, 3.63) is 29.8 Å². The van der Waals surface area contributed by atoms with Crippen LogP contribution < -0.4 is 5.32 Å². The van der Waals surface area contributed by atoms with Gasteiger partial charge in [0.25, 0.3) is 5.91 Å². The Hall–Kier alpha value is -2.11. The lowest BCUT2D eigenvalue weighted by molar-refractivity contribution is 0.102. The fourth-order valence-electron chi connectivity index (χ4n) is 0.991. The summed E-state index contributed by atoms with van der Waals surface area (Å²) in [7, 11) is 0. The van der Waals surface area contributed by atoms with Crippen LogP contribution in [0.25, 0.3) is 0 Å². The molecule has 2 heterocycles. The lowest BCUT2D eigenvalue weighted by Crippen LogP contribution is -2.12. The highest BCUT2D eigenvalue weighted by Crippen LogP contribution is 2.08. The van der Waals surface area contributed by atoms with E-state index in [1.165, 1.54) is 6.20 Å². The Morgan fingerprint density at radius 3 is 3.07 bits per heavy atom.